The number of aliphatic imine (C=N–C) groups is 1. The van der Waals surface area contributed by atoms with Crippen LogP contribution in [0.15, 0.2) is 57.4 Å². The Morgan fingerprint density at radius 2 is 2.23 bits per heavy atom. The van der Waals surface area contributed by atoms with Crippen LogP contribution in [0.2, 0.25) is 0 Å². The molecule has 1 aromatic carbocycles. The maximum atomic E-state index is 9.45. The van der Waals surface area contributed by atoms with Crippen LogP contribution in [0, 0.1) is 0 Å². The predicted molar refractivity (Wildman–Crippen MR) is 84.3 cm³/mol. The molecule has 1 aliphatic rings. The summed E-state index contributed by atoms with van der Waals surface area (Å²) in [6.45, 7) is 0. The molecule has 5 nitrogen and oxygen atoms in total. The van der Waals surface area contributed by atoms with Gasteiger partial charge >= 0.3 is 0 Å². The Balaban J connectivity index is 1.70. The highest BCUT2D eigenvalue weighted by molar-refractivity contribution is 6.04. The third-order valence-electron chi connectivity index (χ3n) is 3.87. The summed E-state index contributed by atoms with van der Waals surface area (Å²) < 4.78 is 5.42. The van der Waals surface area contributed by atoms with E-state index in [2.05, 4.69) is 15.1 Å². The Labute approximate surface area is 126 Å². The molecule has 1 aliphatic heterocycles. The second-order valence-corrected chi connectivity index (χ2v) is 5.19. The van der Waals surface area contributed by atoms with E-state index < -0.39 is 0 Å². The molecular weight excluding hydrogens is 278 g/mol. The number of rotatable bonds is 3. The van der Waals surface area contributed by atoms with Gasteiger partial charge in [0.1, 0.15) is 5.58 Å². The van der Waals surface area contributed by atoms with Gasteiger partial charge in [-0.1, -0.05) is 17.3 Å². The molecular formula is C17H13N3O2. The molecule has 0 atom stereocenters. The first-order valence-electron chi connectivity index (χ1n) is 7.03. The molecule has 0 saturated carbocycles. The number of pyridine rings is 1. The van der Waals surface area contributed by atoms with Crippen LogP contribution >= 0.6 is 0 Å². The largest absolute Gasteiger partial charge is 0.464 e. The summed E-state index contributed by atoms with van der Waals surface area (Å²) >= 11 is 0. The summed E-state index contributed by atoms with van der Waals surface area (Å²) in [6.07, 6.45) is 6.42. The SMILES string of the molecule is O/N=C(\Cc1ccc2ccoc2c1)c1ccnc2c1CC=N2. The second-order valence-electron chi connectivity index (χ2n) is 5.19. The molecule has 0 unspecified atom stereocenters. The molecule has 0 spiro atoms. The van der Waals surface area contributed by atoms with E-state index in [0.29, 0.717) is 18.0 Å². The molecule has 2 aromatic heterocycles. The van der Waals surface area contributed by atoms with Gasteiger partial charge in [0, 0.05) is 41.8 Å². The van der Waals surface area contributed by atoms with Crippen molar-refractivity contribution < 1.29 is 9.62 Å². The molecule has 3 heterocycles. The summed E-state index contributed by atoms with van der Waals surface area (Å²) in [5, 5.41) is 14.0. The van der Waals surface area contributed by atoms with Gasteiger partial charge in [0.2, 0.25) is 0 Å². The molecule has 3 aromatic rings. The molecule has 4 rings (SSSR count). The summed E-state index contributed by atoms with van der Waals surface area (Å²) in [7, 11) is 0. The quantitative estimate of drug-likeness (QED) is 0.456. The first kappa shape index (κ1) is 12.8. The van der Waals surface area contributed by atoms with E-state index in [9.17, 15) is 5.21 Å². The van der Waals surface area contributed by atoms with Crippen molar-refractivity contribution in [1.82, 2.24) is 4.98 Å². The van der Waals surface area contributed by atoms with Crippen LogP contribution in [0.1, 0.15) is 16.7 Å². The van der Waals surface area contributed by atoms with Crippen LogP contribution in [0.25, 0.3) is 11.0 Å². The Kier molecular flexibility index (Phi) is 2.96. The number of hydrogen-bond donors (Lipinski definition) is 1. The van der Waals surface area contributed by atoms with Gasteiger partial charge in [-0.25, -0.2) is 9.98 Å². The number of fused-ring (bicyclic) bond motifs is 2. The normalized spacial score (nSPS) is 13.7. The van der Waals surface area contributed by atoms with Gasteiger partial charge in [0.05, 0.1) is 12.0 Å². The summed E-state index contributed by atoms with van der Waals surface area (Å²) in [5.41, 5.74) is 4.37. The minimum Gasteiger partial charge on any atom is -0.464 e. The third kappa shape index (κ3) is 2.07. The minimum atomic E-state index is 0.517. The Morgan fingerprint density at radius 3 is 3.14 bits per heavy atom. The van der Waals surface area contributed by atoms with Gasteiger partial charge in [-0.2, -0.15) is 0 Å². The minimum absolute atomic E-state index is 0.517. The van der Waals surface area contributed by atoms with Crippen molar-refractivity contribution in [3.05, 3.63) is 59.5 Å². The lowest BCUT2D eigenvalue weighted by atomic mass is 9.97. The predicted octanol–water partition coefficient (Wildman–Crippen LogP) is 3.51. The summed E-state index contributed by atoms with van der Waals surface area (Å²) in [6, 6.07) is 9.78. The summed E-state index contributed by atoms with van der Waals surface area (Å²) in [4.78, 5) is 8.46. The van der Waals surface area contributed by atoms with Crippen molar-refractivity contribution in [1.29, 1.82) is 0 Å². The van der Waals surface area contributed by atoms with Crippen molar-refractivity contribution in [3.8, 4) is 0 Å². The fraction of sp³-hybridized carbons (Fsp3) is 0.118. The van der Waals surface area contributed by atoms with Gasteiger partial charge in [-0.05, 0) is 23.8 Å². The molecule has 108 valence electrons. The molecule has 0 aliphatic carbocycles. The molecule has 0 fully saturated rings. The van der Waals surface area contributed by atoms with Crippen LogP contribution in [-0.4, -0.2) is 22.1 Å². The number of aromatic nitrogens is 1. The molecule has 5 heteroatoms. The fourth-order valence-electron chi connectivity index (χ4n) is 2.77. The zero-order chi connectivity index (χ0) is 14.9. The monoisotopic (exact) mass is 291 g/mol. The number of furan rings is 1. The van der Waals surface area contributed by atoms with Crippen molar-refractivity contribution in [2.75, 3.05) is 0 Å². The topological polar surface area (TPSA) is 71.0 Å². The Morgan fingerprint density at radius 1 is 1.27 bits per heavy atom. The zero-order valence-corrected chi connectivity index (χ0v) is 11.7. The van der Waals surface area contributed by atoms with Crippen molar-refractivity contribution in [2.24, 2.45) is 10.1 Å². The first-order valence-corrected chi connectivity index (χ1v) is 7.03. The van der Waals surface area contributed by atoms with Crippen LogP contribution in [0.5, 0.6) is 0 Å². The molecule has 0 bridgehead atoms. The number of nitrogens with zero attached hydrogens (tertiary/aromatic N) is 3. The van der Waals surface area contributed by atoms with E-state index in [0.717, 1.165) is 34.1 Å². The van der Waals surface area contributed by atoms with Gasteiger partial charge in [0.25, 0.3) is 0 Å². The fourth-order valence-corrected chi connectivity index (χ4v) is 2.77. The van der Waals surface area contributed by atoms with E-state index in [1.807, 2.05) is 36.5 Å². The maximum Gasteiger partial charge on any atom is 0.155 e. The van der Waals surface area contributed by atoms with Gasteiger partial charge in [-0.15, -0.1) is 0 Å². The molecule has 0 amide bonds. The smallest absolute Gasteiger partial charge is 0.155 e. The van der Waals surface area contributed by atoms with Gasteiger partial charge in [0.15, 0.2) is 5.82 Å². The highest BCUT2D eigenvalue weighted by Gasteiger charge is 2.17. The van der Waals surface area contributed by atoms with E-state index in [1.165, 1.54) is 0 Å². The van der Waals surface area contributed by atoms with Crippen LogP contribution < -0.4 is 0 Å². The number of oxime groups is 1. The first-order chi connectivity index (χ1) is 10.8. The summed E-state index contributed by atoms with van der Waals surface area (Å²) in [5.74, 6) is 0.708. The zero-order valence-electron chi connectivity index (χ0n) is 11.7. The van der Waals surface area contributed by atoms with Crippen LogP contribution in [0.4, 0.5) is 5.82 Å². The number of benzene rings is 1. The number of hydrogen-bond acceptors (Lipinski definition) is 5. The average molecular weight is 291 g/mol. The molecule has 0 radical (unpaired) electrons. The van der Waals surface area contributed by atoms with Crippen molar-refractivity contribution in [3.63, 3.8) is 0 Å². The highest BCUT2D eigenvalue weighted by atomic mass is 16.4. The van der Waals surface area contributed by atoms with Gasteiger partial charge < -0.3 is 9.62 Å². The van der Waals surface area contributed by atoms with E-state index in [4.69, 9.17) is 4.42 Å². The molecule has 22 heavy (non-hydrogen) atoms. The molecule has 0 saturated heterocycles. The van der Waals surface area contributed by atoms with E-state index >= 15 is 0 Å². The van der Waals surface area contributed by atoms with Crippen LogP contribution in [-0.2, 0) is 12.8 Å². The van der Waals surface area contributed by atoms with Crippen molar-refractivity contribution >= 4 is 28.7 Å². The average Bonchev–Trinajstić information content (AvgIpc) is 3.20. The Bertz CT molecular complexity index is 909. The lowest BCUT2D eigenvalue weighted by Gasteiger charge is -2.09. The second kappa shape index (κ2) is 5.11. The molecule has 1 N–H and O–H groups in total. The van der Waals surface area contributed by atoms with Gasteiger partial charge in [-0.3, -0.25) is 0 Å². The maximum absolute atomic E-state index is 9.45. The van der Waals surface area contributed by atoms with Crippen molar-refractivity contribution in [2.45, 2.75) is 12.8 Å². The third-order valence-corrected chi connectivity index (χ3v) is 3.87. The van der Waals surface area contributed by atoms with E-state index in [1.54, 1.807) is 12.5 Å². The van der Waals surface area contributed by atoms with E-state index in [-0.39, 0.29) is 0 Å². The Hall–Kier alpha value is -2.95. The lowest BCUT2D eigenvalue weighted by molar-refractivity contribution is 0.318. The van der Waals surface area contributed by atoms with Crippen LogP contribution in [0.3, 0.4) is 0 Å². The lowest BCUT2D eigenvalue weighted by Crippen LogP contribution is -2.09. The standard InChI is InChI=1S/C17H13N3O2/c21-20-15(13-3-6-18-17-14(13)4-7-19-17)9-11-1-2-12-5-8-22-16(12)10-11/h1-3,5-8,10,21H,4,9H2/b20-15+. The highest BCUT2D eigenvalue weighted by Crippen LogP contribution is 2.26.